The van der Waals surface area contributed by atoms with Crippen molar-refractivity contribution in [3.63, 3.8) is 0 Å². The van der Waals surface area contributed by atoms with Crippen molar-refractivity contribution < 1.29 is 4.74 Å². The first-order valence-corrected chi connectivity index (χ1v) is 7.87. The number of aryl methyl sites for hydroxylation is 3. The molecule has 0 aromatic heterocycles. The van der Waals surface area contributed by atoms with Crippen LogP contribution in [-0.2, 0) is 6.42 Å². The number of halogens is 1. The van der Waals surface area contributed by atoms with Gasteiger partial charge < -0.3 is 4.74 Å². The monoisotopic (exact) mass is 310 g/mol. The molecule has 1 heterocycles. The molecule has 1 aliphatic rings. The number of para-hydroxylation sites is 1. The quantitative estimate of drug-likeness (QED) is 0.664. The third kappa shape index (κ3) is 2.46. The Morgan fingerprint density at radius 2 is 1.95 bits per heavy atom. The molecule has 22 heavy (non-hydrogen) atoms. The predicted molar refractivity (Wildman–Crippen MR) is 94.4 cm³/mol. The van der Waals surface area contributed by atoms with Crippen LogP contribution in [-0.4, -0.2) is 0 Å². The largest absolute Gasteiger partial charge is 0.454 e. The molecule has 0 unspecified atom stereocenters. The van der Waals surface area contributed by atoms with Gasteiger partial charge in [0.15, 0.2) is 5.75 Å². The highest BCUT2D eigenvalue weighted by Crippen LogP contribution is 2.41. The third-order valence-electron chi connectivity index (χ3n) is 4.02. The van der Waals surface area contributed by atoms with E-state index in [4.69, 9.17) is 16.3 Å². The van der Waals surface area contributed by atoms with Crippen LogP contribution in [0.25, 0.3) is 11.3 Å². The minimum atomic E-state index is 0.618. The fourth-order valence-electron chi connectivity index (χ4n) is 3.05. The van der Waals surface area contributed by atoms with E-state index in [1.165, 1.54) is 16.7 Å². The number of hydrogen-bond donors (Lipinski definition) is 0. The summed E-state index contributed by atoms with van der Waals surface area (Å²) in [5.41, 5.74) is 6.81. The molecule has 2 aromatic rings. The Morgan fingerprint density at radius 3 is 2.68 bits per heavy atom. The highest BCUT2D eigenvalue weighted by atomic mass is 35.5. The fraction of sp³-hybridized carbons (Fsp3) is 0.200. The zero-order chi connectivity index (χ0) is 15.9. The van der Waals surface area contributed by atoms with E-state index < -0.39 is 0 Å². The summed E-state index contributed by atoms with van der Waals surface area (Å²) in [4.78, 5) is 0. The van der Waals surface area contributed by atoms with Crippen LogP contribution in [0.1, 0.15) is 34.7 Å². The van der Waals surface area contributed by atoms with Crippen LogP contribution in [0.3, 0.4) is 0 Å². The molecular weight excluding hydrogens is 292 g/mol. The van der Waals surface area contributed by atoms with Crippen molar-refractivity contribution in [1.82, 2.24) is 0 Å². The van der Waals surface area contributed by atoms with Crippen LogP contribution >= 0.6 is 11.6 Å². The molecule has 112 valence electrons. The average Bonchev–Trinajstić information content (AvgIpc) is 2.47. The van der Waals surface area contributed by atoms with Crippen LogP contribution in [0, 0.1) is 13.8 Å². The number of allylic oxidation sites excluding steroid dienone is 2. The average molecular weight is 311 g/mol. The van der Waals surface area contributed by atoms with Gasteiger partial charge in [-0.2, -0.15) is 0 Å². The highest BCUT2D eigenvalue weighted by molar-refractivity contribution is 6.32. The molecule has 1 nitrogen and oxygen atoms in total. The summed E-state index contributed by atoms with van der Waals surface area (Å²) in [5.74, 6) is 1.54. The lowest BCUT2D eigenvalue weighted by Gasteiger charge is -2.23. The van der Waals surface area contributed by atoms with Gasteiger partial charge in [0.25, 0.3) is 0 Å². The molecule has 2 aromatic carbocycles. The van der Waals surface area contributed by atoms with E-state index in [1.807, 2.05) is 24.3 Å². The summed E-state index contributed by atoms with van der Waals surface area (Å²) in [5, 5.41) is 0.618. The van der Waals surface area contributed by atoms with Crippen LogP contribution in [0.2, 0.25) is 5.02 Å². The first-order chi connectivity index (χ1) is 10.5. The summed E-state index contributed by atoms with van der Waals surface area (Å²) in [6.07, 6.45) is 2.97. The predicted octanol–water partition coefficient (Wildman–Crippen LogP) is 5.97. The standard InChI is InChI=1S/C20H19ClO/c1-5-15-10-12(2)9-14(4)19(15)18-11-13(3)16-7-6-8-17(21)20(16)22-18/h6-11H,3,5H2,1-2,4H3. The fourth-order valence-corrected chi connectivity index (χ4v) is 3.26. The van der Waals surface area contributed by atoms with Gasteiger partial charge in [-0.05, 0) is 49.1 Å². The first-order valence-electron chi connectivity index (χ1n) is 7.49. The zero-order valence-corrected chi connectivity index (χ0v) is 13.9. The van der Waals surface area contributed by atoms with Gasteiger partial charge in [0.2, 0.25) is 0 Å². The number of benzene rings is 2. The van der Waals surface area contributed by atoms with Gasteiger partial charge >= 0.3 is 0 Å². The summed E-state index contributed by atoms with van der Waals surface area (Å²) in [6, 6.07) is 10.2. The molecule has 0 spiro atoms. The van der Waals surface area contributed by atoms with E-state index in [0.29, 0.717) is 10.8 Å². The zero-order valence-electron chi connectivity index (χ0n) is 13.2. The minimum absolute atomic E-state index is 0.618. The summed E-state index contributed by atoms with van der Waals surface area (Å²) in [7, 11) is 0. The van der Waals surface area contributed by atoms with Crippen LogP contribution < -0.4 is 4.74 Å². The molecule has 0 aliphatic carbocycles. The van der Waals surface area contributed by atoms with E-state index in [2.05, 4.69) is 39.5 Å². The van der Waals surface area contributed by atoms with Crippen LogP contribution in [0.15, 0.2) is 43.0 Å². The second-order valence-electron chi connectivity index (χ2n) is 5.72. The van der Waals surface area contributed by atoms with Gasteiger partial charge in [-0.15, -0.1) is 0 Å². The maximum absolute atomic E-state index is 6.31. The molecule has 0 saturated heterocycles. The molecular formula is C20H19ClO. The lowest BCUT2D eigenvalue weighted by molar-refractivity contribution is 0.508. The number of ether oxygens (including phenoxy) is 1. The van der Waals surface area contributed by atoms with Crippen molar-refractivity contribution in [3.05, 3.63) is 75.8 Å². The molecule has 2 heteroatoms. The lowest BCUT2D eigenvalue weighted by Crippen LogP contribution is -2.07. The normalized spacial score (nSPS) is 13.5. The molecule has 0 saturated carbocycles. The van der Waals surface area contributed by atoms with Gasteiger partial charge in [-0.25, -0.2) is 0 Å². The lowest BCUT2D eigenvalue weighted by atomic mass is 9.93. The first kappa shape index (κ1) is 14.9. The summed E-state index contributed by atoms with van der Waals surface area (Å²) >= 11 is 6.31. The Labute approximate surface area is 136 Å². The topological polar surface area (TPSA) is 9.23 Å². The number of hydrogen-bond acceptors (Lipinski definition) is 1. The van der Waals surface area contributed by atoms with Gasteiger partial charge in [0.05, 0.1) is 5.02 Å². The van der Waals surface area contributed by atoms with Crippen molar-refractivity contribution in [2.75, 3.05) is 0 Å². The Morgan fingerprint density at radius 1 is 1.18 bits per heavy atom. The molecule has 0 fully saturated rings. The molecule has 0 bridgehead atoms. The Bertz CT molecular complexity index is 800. The molecule has 1 aliphatic heterocycles. The minimum Gasteiger partial charge on any atom is -0.454 e. The van der Waals surface area contributed by atoms with Gasteiger partial charge in [-0.3, -0.25) is 0 Å². The number of rotatable bonds is 2. The second-order valence-corrected chi connectivity index (χ2v) is 6.13. The Balaban J connectivity index is 2.16. The molecule has 0 radical (unpaired) electrons. The highest BCUT2D eigenvalue weighted by Gasteiger charge is 2.22. The molecule has 0 atom stereocenters. The maximum Gasteiger partial charge on any atom is 0.153 e. The SMILES string of the molecule is C=C1C=C(c2c(C)cc(C)cc2CC)Oc2c(Cl)cccc21. The van der Waals surface area contributed by atoms with E-state index in [9.17, 15) is 0 Å². The van der Waals surface area contributed by atoms with Crippen molar-refractivity contribution in [2.24, 2.45) is 0 Å². The Kier molecular flexibility index (Phi) is 3.84. The smallest absolute Gasteiger partial charge is 0.153 e. The molecule has 0 N–H and O–H groups in total. The van der Waals surface area contributed by atoms with E-state index in [-0.39, 0.29) is 0 Å². The summed E-state index contributed by atoms with van der Waals surface area (Å²) < 4.78 is 6.15. The van der Waals surface area contributed by atoms with Crippen LogP contribution in [0.4, 0.5) is 0 Å². The van der Waals surface area contributed by atoms with Gasteiger partial charge in [-0.1, -0.05) is 54.9 Å². The molecule has 0 amide bonds. The van der Waals surface area contributed by atoms with Crippen molar-refractivity contribution >= 4 is 22.9 Å². The van der Waals surface area contributed by atoms with Gasteiger partial charge in [0.1, 0.15) is 5.76 Å². The van der Waals surface area contributed by atoms with Crippen molar-refractivity contribution in [2.45, 2.75) is 27.2 Å². The maximum atomic E-state index is 6.31. The van der Waals surface area contributed by atoms with E-state index in [1.54, 1.807) is 0 Å². The van der Waals surface area contributed by atoms with E-state index >= 15 is 0 Å². The van der Waals surface area contributed by atoms with E-state index in [0.717, 1.165) is 28.9 Å². The third-order valence-corrected chi connectivity index (χ3v) is 4.32. The summed E-state index contributed by atoms with van der Waals surface area (Å²) in [6.45, 7) is 10.6. The van der Waals surface area contributed by atoms with Crippen molar-refractivity contribution in [3.8, 4) is 5.75 Å². The van der Waals surface area contributed by atoms with Crippen LogP contribution in [0.5, 0.6) is 5.75 Å². The van der Waals surface area contributed by atoms with Gasteiger partial charge in [0, 0.05) is 11.1 Å². The Hall–Kier alpha value is -1.99. The van der Waals surface area contributed by atoms with Crippen molar-refractivity contribution in [1.29, 1.82) is 0 Å². The second kappa shape index (κ2) is 5.66. The molecule has 3 rings (SSSR count). The number of fused-ring (bicyclic) bond motifs is 1.